The first kappa shape index (κ1) is 9.74. The van der Waals surface area contributed by atoms with Crippen molar-refractivity contribution in [2.75, 3.05) is 13.7 Å². The molecule has 0 saturated heterocycles. The zero-order chi connectivity index (χ0) is 8.69. The molecule has 0 spiro atoms. The zero-order valence-electron chi connectivity index (χ0n) is 6.88. The van der Waals surface area contributed by atoms with E-state index in [4.69, 9.17) is 0 Å². The highest BCUT2D eigenvalue weighted by Crippen LogP contribution is 1.82. The average molecular weight is 160 g/mol. The van der Waals surface area contributed by atoms with E-state index < -0.39 is 6.09 Å². The second kappa shape index (κ2) is 5.52. The maximum atomic E-state index is 10.6. The Balaban J connectivity index is 3.60. The normalized spacial score (nSPS) is 10.6. The summed E-state index contributed by atoms with van der Waals surface area (Å²) in [5.41, 5.74) is 0. The van der Waals surface area contributed by atoms with Crippen molar-refractivity contribution < 1.29 is 14.4 Å². The number of carbonyl (C=O) groups is 1. The van der Waals surface area contributed by atoms with Crippen LogP contribution in [0, 0.1) is 0 Å². The smallest absolute Gasteiger partial charge is 0.433 e. The maximum absolute atomic E-state index is 10.6. The van der Waals surface area contributed by atoms with Crippen molar-refractivity contribution in [3.63, 3.8) is 0 Å². The number of ether oxygens (including phenoxy) is 1. The molecule has 0 radical (unpaired) electrons. The van der Waals surface area contributed by atoms with Crippen molar-refractivity contribution in [2.24, 2.45) is 5.16 Å². The summed E-state index contributed by atoms with van der Waals surface area (Å²) in [7, 11) is 1.44. The first-order valence-electron chi connectivity index (χ1n) is 3.24. The average Bonchev–Trinajstić information content (AvgIpc) is 2.01. The van der Waals surface area contributed by atoms with Crippen molar-refractivity contribution >= 4 is 12.0 Å². The summed E-state index contributed by atoms with van der Waals surface area (Å²) in [5.74, 6) is 0.302. The van der Waals surface area contributed by atoms with E-state index in [0.717, 1.165) is 0 Å². The van der Waals surface area contributed by atoms with E-state index in [1.54, 1.807) is 13.8 Å². The van der Waals surface area contributed by atoms with Crippen molar-refractivity contribution in [3.8, 4) is 0 Å². The molecule has 0 aliphatic rings. The van der Waals surface area contributed by atoms with Gasteiger partial charge in [-0.3, -0.25) is 4.84 Å². The van der Waals surface area contributed by atoms with E-state index in [1.807, 2.05) is 0 Å². The van der Waals surface area contributed by atoms with E-state index in [0.29, 0.717) is 12.4 Å². The second-order valence-electron chi connectivity index (χ2n) is 1.72. The molecule has 0 saturated carbocycles. The van der Waals surface area contributed by atoms with Gasteiger partial charge in [0.25, 0.3) is 0 Å². The van der Waals surface area contributed by atoms with Gasteiger partial charge >= 0.3 is 6.09 Å². The molecule has 0 aliphatic heterocycles. The summed E-state index contributed by atoms with van der Waals surface area (Å²) in [6.07, 6.45) is -0.580. The molecule has 1 N–H and O–H groups in total. The van der Waals surface area contributed by atoms with Gasteiger partial charge < -0.3 is 10.1 Å². The monoisotopic (exact) mass is 160 g/mol. The zero-order valence-corrected chi connectivity index (χ0v) is 6.88. The molecular formula is C6H12N2O3. The van der Waals surface area contributed by atoms with Gasteiger partial charge in [-0.2, -0.15) is 0 Å². The molecule has 0 aliphatic carbocycles. The highest BCUT2D eigenvalue weighted by Gasteiger charge is 1.97. The van der Waals surface area contributed by atoms with Gasteiger partial charge in [-0.05, 0) is 12.1 Å². The molecule has 0 rings (SSSR count). The van der Waals surface area contributed by atoms with Crippen LogP contribution in [0.25, 0.3) is 0 Å². The molecule has 5 heteroatoms. The molecule has 0 fully saturated rings. The predicted molar refractivity (Wildman–Crippen MR) is 40.3 cm³/mol. The Hall–Kier alpha value is -1.26. The Kier molecular flexibility index (Phi) is 4.89. The second-order valence-corrected chi connectivity index (χ2v) is 1.72. The highest BCUT2D eigenvalue weighted by molar-refractivity contribution is 5.74. The van der Waals surface area contributed by atoms with E-state index in [9.17, 15) is 4.79 Å². The summed E-state index contributed by atoms with van der Waals surface area (Å²) >= 11 is 0. The third-order valence-electron chi connectivity index (χ3n) is 0.874. The quantitative estimate of drug-likeness (QED) is 0.280. The minimum absolute atomic E-state index is 0.302. The summed E-state index contributed by atoms with van der Waals surface area (Å²) < 4.78 is 4.62. The van der Waals surface area contributed by atoms with E-state index >= 15 is 0 Å². The Morgan fingerprint density at radius 3 is 2.73 bits per heavy atom. The SMILES string of the molecule is CCNC(=O)O/N=C(/C)OC. The van der Waals surface area contributed by atoms with Crippen LogP contribution in [0.4, 0.5) is 4.79 Å². The number of methoxy groups -OCH3 is 1. The fraction of sp³-hybridized carbons (Fsp3) is 0.667. The summed E-state index contributed by atoms with van der Waals surface area (Å²) in [6.45, 7) is 3.88. The van der Waals surface area contributed by atoms with Gasteiger partial charge in [0.1, 0.15) is 0 Å². The Morgan fingerprint density at radius 2 is 2.27 bits per heavy atom. The number of hydrogen-bond acceptors (Lipinski definition) is 4. The number of oxime groups is 1. The van der Waals surface area contributed by atoms with Gasteiger partial charge in [-0.25, -0.2) is 4.79 Å². The molecule has 11 heavy (non-hydrogen) atoms. The number of nitrogens with one attached hydrogen (secondary N) is 1. The van der Waals surface area contributed by atoms with Gasteiger partial charge in [0.15, 0.2) is 0 Å². The molecule has 0 unspecified atom stereocenters. The summed E-state index contributed by atoms with van der Waals surface area (Å²) in [5, 5.41) is 5.74. The lowest BCUT2D eigenvalue weighted by molar-refractivity contribution is 0.147. The van der Waals surface area contributed by atoms with Crippen LogP contribution in [-0.2, 0) is 9.57 Å². The van der Waals surface area contributed by atoms with Gasteiger partial charge in [0.05, 0.1) is 7.11 Å². The van der Waals surface area contributed by atoms with E-state index in [1.165, 1.54) is 7.11 Å². The van der Waals surface area contributed by atoms with Gasteiger partial charge in [0.2, 0.25) is 5.90 Å². The maximum Gasteiger partial charge on any atom is 0.433 e. The third-order valence-corrected chi connectivity index (χ3v) is 0.874. The van der Waals surface area contributed by atoms with Crippen LogP contribution in [0.3, 0.4) is 0 Å². The molecular weight excluding hydrogens is 148 g/mol. The predicted octanol–water partition coefficient (Wildman–Crippen LogP) is 0.712. The minimum Gasteiger partial charge on any atom is -0.482 e. The molecule has 0 atom stereocenters. The number of hydrogen-bond donors (Lipinski definition) is 1. The van der Waals surface area contributed by atoms with E-state index in [2.05, 4.69) is 20.0 Å². The molecule has 64 valence electrons. The first-order chi connectivity index (χ1) is 5.20. The fourth-order valence-electron chi connectivity index (χ4n) is 0.320. The number of carbonyl (C=O) groups excluding carboxylic acids is 1. The summed E-state index contributed by atoms with van der Waals surface area (Å²) in [6, 6.07) is 0. The Bertz CT molecular complexity index is 156. The molecule has 0 aromatic carbocycles. The van der Waals surface area contributed by atoms with Crippen LogP contribution in [0.5, 0.6) is 0 Å². The van der Waals surface area contributed by atoms with Crippen molar-refractivity contribution in [3.05, 3.63) is 0 Å². The standard InChI is InChI=1S/C6H12N2O3/c1-4-7-6(9)11-8-5(2)10-3/h4H2,1-3H3,(H,7,9)/b8-5-. The molecule has 1 amide bonds. The first-order valence-corrected chi connectivity index (χ1v) is 3.24. The van der Waals surface area contributed by atoms with Gasteiger partial charge in [0, 0.05) is 13.5 Å². The van der Waals surface area contributed by atoms with Crippen LogP contribution in [0.2, 0.25) is 0 Å². The minimum atomic E-state index is -0.580. The lowest BCUT2D eigenvalue weighted by Gasteiger charge is -1.98. The van der Waals surface area contributed by atoms with E-state index in [-0.39, 0.29) is 0 Å². The van der Waals surface area contributed by atoms with Crippen LogP contribution in [0.15, 0.2) is 5.16 Å². The molecule has 0 bridgehead atoms. The van der Waals surface area contributed by atoms with Crippen LogP contribution in [0.1, 0.15) is 13.8 Å². The number of nitrogens with zero attached hydrogens (tertiary/aromatic N) is 1. The Labute approximate surface area is 65.4 Å². The Morgan fingerprint density at radius 1 is 1.64 bits per heavy atom. The van der Waals surface area contributed by atoms with Crippen LogP contribution >= 0.6 is 0 Å². The summed E-state index contributed by atoms with van der Waals surface area (Å²) in [4.78, 5) is 14.9. The molecule has 0 aromatic heterocycles. The van der Waals surface area contributed by atoms with Crippen LogP contribution < -0.4 is 5.32 Å². The third kappa shape index (κ3) is 5.20. The topological polar surface area (TPSA) is 59.9 Å². The number of amides is 1. The lowest BCUT2D eigenvalue weighted by atomic mass is 10.8. The molecule has 5 nitrogen and oxygen atoms in total. The van der Waals surface area contributed by atoms with Gasteiger partial charge in [-0.15, -0.1) is 0 Å². The lowest BCUT2D eigenvalue weighted by Crippen LogP contribution is -2.22. The van der Waals surface area contributed by atoms with Gasteiger partial charge in [-0.1, -0.05) is 0 Å². The molecule has 0 aromatic rings. The molecule has 0 heterocycles. The van der Waals surface area contributed by atoms with Crippen molar-refractivity contribution in [2.45, 2.75) is 13.8 Å². The number of rotatable bonds is 2. The largest absolute Gasteiger partial charge is 0.482 e. The van der Waals surface area contributed by atoms with Crippen molar-refractivity contribution in [1.82, 2.24) is 5.32 Å². The highest BCUT2D eigenvalue weighted by atomic mass is 16.7. The fourth-order valence-corrected chi connectivity index (χ4v) is 0.320. The van der Waals surface area contributed by atoms with Crippen molar-refractivity contribution in [1.29, 1.82) is 0 Å². The van der Waals surface area contributed by atoms with Crippen LogP contribution in [-0.4, -0.2) is 25.6 Å².